The minimum Gasteiger partial charge on any atom is -0.358 e. The van der Waals surface area contributed by atoms with Gasteiger partial charge in [-0.1, -0.05) is 0 Å². The van der Waals surface area contributed by atoms with Crippen LogP contribution in [0.5, 0.6) is 0 Å². The van der Waals surface area contributed by atoms with Gasteiger partial charge in [-0.3, -0.25) is 0 Å². The fraction of sp³-hybridized carbons (Fsp3) is 0. The maximum atomic E-state index is 4.49. The van der Waals surface area contributed by atoms with Gasteiger partial charge in [-0.15, -0.1) is 0 Å². The molecule has 0 aliphatic rings. The Morgan fingerprint density at radius 2 is 1.60 bits per heavy atom. The van der Waals surface area contributed by atoms with E-state index in [4.69, 9.17) is 0 Å². The summed E-state index contributed by atoms with van der Waals surface area (Å²) in [4.78, 5) is 0. The zero-order valence-electron chi connectivity index (χ0n) is 3.78. The van der Waals surface area contributed by atoms with Crippen LogP contribution in [0.3, 0.4) is 0 Å². The summed E-state index contributed by atoms with van der Waals surface area (Å²) in [5.74, 6) is 0. The molecule has 5 heavy (non-hydrogen) atoms. The van der Waals surface area contributed by atoms with Gasteiger partial charge >= 0.3 is 51.4 Å². The maximum Gasteiger partial charge on any atom is 1.00 e. The second-order valence-corrected chi connectivity index (χ2v) is 0.204. The fourth-order valence-electron chi connectivity index (χ4n) is 0. The molecule has 0 radical (unpaired) electrons. The van der Waals surface area contributed by atoms with Gasteiger partial charge in [0.05, 0.1) is 0 Å². The van der Waals surface area contributed by atoms with E-state index in [9.17, 15) is 0 Å². The first-order chi connectivity index (χ1) is 1.41. The van der Waals surface area contributed by atoms with Crippen LogP contribution in [0.2, 0.25) is 0 Å². The molecular weight excluding hydrogens is 87.1 g/mol. The second kappa shape index (κ2) is 19.2. The average molecular weight is 93.2 g/mol. The third-order valence-corrected chi connectivity index (χ3v) is 0. The van der Waals surface area contributed by atoms with Crippen LogP contribution >= 0.6 is 0 Å². The van der Waals surface area contributed by atoms with Crippen LogP contribution < -0.4 is 51.4 Å². The van der Waals surface area contributed by atoms with Gasteiger partial charge in [-0.2, -0.15) is 0 Å². The normalized spacial score (nSPS) is 1.60. The van der Waals surface area contributed by atoms with Gasteiger partial charge in [0.25, 0.3) is 0 Å². The molecule has 24 valence electrons. The Morgan fingerprint density at radius 3 is 1.60 bits per heavy atom. The molecule has 0 saturated carbocycles. The van der Waals surface area contributed by atoms with E-state index in [1.165, 1.54) is 0 Å². The number of hydrogen-bond acceptors (Lipinski definition) is 0. The van der Waals surface area contributed by atoms with E-state index in [2.05, 4.69) is 13.2 Å². The SMILES string of the molecule is [CH-]=C=C.[CH3-].[K+]. The molecule has 0 atom stereocenters. The fourth-order valence-corrected chi connectivity index (χ4v) is 0. The molecule has 0 aromatic carbocycles. The summed E-state index contributed by atoms with van der Waals surface area (Å²) in [5, 5.41) is 0. The van der Waals surface area contributed by atoms with Gasteiger partial charge in [0.15, 0.2) is 0 Å². The molecule has 0 N–H and O–H groups in total. The zero-order chi connectivity index (χ0) is 2.71. The quantitative estimate of drug-likeness (QED) is 0.189. The predicted molar refractivity (Wildman–Crippen MR) is 19.9 cm³/mol. The molecule has 0 amide bonds. The molecule has 0 rings (SSSR count). The van der Waals surface area contributed by atoms with Crippen molar-refractivity contribution in [3.63, 3.8) is 0 Å². The first-order valence-electron chi connectivity index (χ1n) is 0.642. The molecule has 0 bridgehead atoms. The van der Waals surface area contributed by atoms with Crippen LogP contribution in [0, 0.1) is 14.0 Å². The summed E-state index contributed by atoms with van der Waals surface area (Å²) in [6, 6.07) is 0. The third kappa shape index (κ3) is 38.4. The van der Waals surface area contributed by atoms with Gasteiger partial charge in [-0.25, -0.2) is 13.2 Å². The molecular formula is C4H6K-. The summed E-state index contributed by atoms with van der Waals surface area (Å²) >= 11 is 0. The summed E-state index contributed by atoms with van der Waals surface area (Å²) < 4.78 is 0. The molecule has 0 aliphatic heterocycles. The third-order valence-electron chi connectivity index (χ3n) is 0. The van der Waals surface area contributed by atoms with Crippen LogP contribution in [0.15, 0.2) is 12.3 Å². The molecule has 0 aliphatic carbocycles. The zero-order valence-corrected chi connectivity index (χ0v) is 6.91. The Bertz CT molecular complexity index is 24.6. The second-order valence-electron chi connectivity index (χ2n) is 0.204. The minimum atomic E-state index is 0. The summed E-state index contributed by atoms with van der Waals surface area (Å²) in [5.41, 5.74) is 2.00. The van der Waals surface area contributed by atoms with Gasteiger partial charge in [0, 0.05) is 0 Å². The molecule has 0 spiro atoms. The Morgan fingerprint density at radius 1 is 1.60 bits per heavy atom. The van der Waals surface area contributed by atoms with E-state index in [1.54, 1.807) is 0 Å². The van der Waals surface area contributed by atoms with Gasteiger partial charge < -0.3 is 13.2 Å². The molecule has 0 heterocycles. The van der Waals surface area contributed by atoms with Crippen LogP contribution in [0.4, 0.5) is 0 Å². The first kappa shape index (κ1) is 16.4. The van der Waals surface area contributed by atoms with Crippen molar-refractivity contribution < 1.29 is 51.4 Å². The molecule has 0 saturated heterocycles. The number of rotatable bonds is 0. The summed E-state index contributed by atoms with van der Waals surface area (Å²) in [6.45, 7) is 7.50. The largest absolute Gasteiger partial charge is 1.00 e. The molecule has 0 aromatic rings. The Kier molecular flexibility index (Phi) is 62.9. The van der Waals surface area contributed by atoms with Gasteiger partial charge in [-0.05, 0) is 0 Å². The molecule has 0 unspecified atom stereocenters. The minimum absolute atomic E-state index is 0. The smallest absolute Gasteiger partial charge is 0.358 e. The van der Waals surface area contributed by atoms with E-state index in [-0.39, 0.29) is 58.8 Å². The molecule has 0 fully saturated rings. The number of hydrogen-bond donors (Lipinski definition) is 0. The van der Waals surface area contributed by atoms with E-state index in [1.807, 2.05) is 5.73 Å². The molecule has 0 aromatic heterocycles. The standard InChI is InChI=1S/C3H3.CH3.K/c1-3-2;;/h1H,2H2;1H3;/q2*-1;+1. The van der Waals surface area contributed by atoms with Crippen molar-refractivity contribution in [3.8, 4) is 0 Å². The van der Waals surface area contributed by atoms with Crippen molar-refractivity contribution in [2.75, 3.05) is 0 Å². The Labute approximate surface area is 76.4 Å². The van der Waals surface area contributed by atoms with E-state index in [0.29, 0.717) is 0 Å². The van der Waals surface area contributed by atoms with Crippen molar-refractivity contribution in [2.24, 2.45) is 0 Å². The summed E-state index contributed by atoms with van der Waals surface area (Å²) in [7, 11) is 0. The van der Waals surface area contributed by atoms with Crippen molar-refractivity contribution in [2.45, 2.75) is 0 Å². The van der Waals surface area contributed by atoms with Gasteiger partial charge in [0.2, 0.25) is 0 Å². The van der Waals surface area contributed by atoms with E-state index >= 15 is 0 Å². The van der Waals surface area contributed by atoms with Crippen LogP contribution in [-0.4, -0.2) is 0 Å². The molecule has 0 nitrogen and oxygen atoms in total. The van der Waals surface area contributed by atoms with Crippen molar-refractivity contribution in [3.05, 3.63) is 26.3 Å². The van der Waals surface area contributed by atoms with Crippen LogP contribution in [0.1, 0.15) is 0 Å². The topological polar surface area (TPSA) is 0 Å². The predicted octanol–water partition coefficient (Wildman–Crippen LogP) is -1.79. The maximum absolute atomic E-state index is 4.49. The molecule has 1 heteroatoms. The van der Waals surface area contributed by atoms with Gasteiger partial charge in [0.1, 0.15) is 0 Å². The Balaban J connectivity index is -0.0000000200. The van der Waals surface area contributed by atoms with Crippen molar-refractivity contribution >= 4 is 0 Å². The van der Waals surface area contributed by atoms with Crippen molar-refractivity contribution in [1.29, 1.82) is 0 Å². The van der Waals surface area contributed by atoms with Crippen molar-refractivity contribution in [1.82, 2.24) is 0 Å². The first-order valence-corrected chi connectivity index (χ1v) is 0.642. The summed E-state index contributed by atoms with van der Waals surface area (Å²) in [6.07, 6.45) is 0. The van der Waals surface area contributed by atoms with Crippen LogP contribution in [0.25, 0.3) is 0 Å². The van der Waals surface area contributed by atoms with E-state index < -0.39 is 0 Å². The van der Waals surface area contributed by atoms with E-state index in [0.717, 1.165) is 0 Å². The van der Waals surface area contributed by atoms with Crippen LogP contribution in [-0.2, 0) is 0 Å². The monoisotopic (exact) mass is 93.0 g/mol. The Hall–Kier alpha value is 1.16. The average Bonchev–Trinajstić information content (AvgIpc) is 0.918.